The lowest BCUT2D eigenvalue weighted by Crippen LogP contribution is -2.41. The van der Waals surface area contributed by atoms with Crippen LogP contribution in [0.2, 0.25) is 5.02 Å². The number of benzene rings is 2. The molecular formula is C32H38ClN5O2. The molecule has 2 fully saturated rings. The van der Waals surface area contributed by atoms with Crippen LogP contribution in [0.3, 0.4) is 0 Å². The number of carbonyl (C=O) groups is 2. The highest BCUT2D eigenvalue weighted by molar-refractivity contribution is 6.31. The first-order valence-electron chi connectivity index (χ1n) is 14.6. The standard InChI is InChI=1S/C32H38ClN5O2/c1-19-17-24(10-11-26(19)33)38-31(34-30(35-38)29(39)22-13-15-36(3)16-14-22)23-9-12-27-25(18-23)28(21-7-5-6-8-21)20(2)32(40)37(27)4/h9-12,17-18,20-22,28H,5-8,13-16H2,1-4H3/t20-,28?/m0/s1. The Morgan fingerprint density at radius 2 is 1.73 bits per heavy atom. The van der Waals surface area contributed by atoms with E-state index in [0.717, 1.165) is 61.3 Å². The predicted molar refractivity (Wildman–Crippen MR) is 158 cm³/mol. The Kier molecular flexibility index (Phi) is 7.30. The molecule has 1 amide bonds. The number of nitrogens with zero attached hydrogens (tertiary/aromatic N) is 5. The Morgan fingerprint density at radius 3 is 2.42 bits per heavy atom. The lowest BCUT2D eigenvalue weighted by molar-refractivity contribution is -0.123. The van der Waals surface area contributed by atoms with Crippen LogP contribution in [0.1, 0.15) is 73.1 Å². The second kappa shape index (κ2) is 10.7. The molecule has 7 nitrogen and oxygen atoms in total. The van der Waals surface area contributed by atoms with Gasteiger partial charge in [0.2, 0.25) is 17.5 Å². The minimum Gasteiger partial charge on any atom is -0.315 e. The van der Waals surface area contributed by atoms with Gasteiger partial charge in [0.1, 0.15) is 0 Å². The number of hydrogen-bond donors (Lipinski definition) is 0. The van der Waals surface area contributed by atoms with Gasteiger partial charge in [-0.25, -0.2) is 9.67 Å². The van der Waals surface area contributed by atoms with E-state index in [1.807, 2.05) is 44.3 Å². The van der Waals surface area contributed by atoms with E-state index in [9.17, 15) is 9.59 Å². The molecule has 2 atom stereocenters. The summed E-state index contributed by atoms with van der Waals surface area (Å²) >= 11 is 6.36. The molecule has 0 radical (unpaired) electrons. The number of anilines is 1. The summed E-state index contributed by atoms with van der Waals surface area (Å²) < 4.78 is 1.79. The molecule has 1 aliphatic carbocycles. The highest BCUT2D eigenvalue weighted by atomic mass is 35.5. The lowest BCUT2D eigenvalue weighted by atomic mass is 9.73. The number of amides is 1. The van der Waals surface area contributed by atoms with Crippen LogP contribution in [-0.4, -0.2) is 58.5 Å². The zero-order valence-corrected chi connectivity index (χ0v) is 24.6. The number of ketones is 1. The topological polar surface area (TPSA) is 71.3 Å². The van der Waals surface area contributed by atoms with E-state index in [4.69, 9.17) is 21.7 Å². The van der Waals surface area contributed by atoms with Gasteiger partial charge in [0.15, 0.2) is 5.82 Å². The Morgan fingerprint density at radius 1 is 1.00 bits per heavy atom. The first-order valence-corrected chi connectivity index (χ1v) is 15.0. The number of aryl methyl sites for hydroxylation is 1. The highest BCUT2D eigenvalue weighted by Gasteiger charge is 2.41. The van der Waals surface area contributed by atoms with Gasteiger partial charge in [0.25, 0.3) is 0 Å². The molecule has 3 aliphatic rings. The van der Waals surface area contributed by atoms with Crippen molar-refractivity contribution in [3.05, 3.63) is 58.4 Å². The van der Waals surface area contributed by atoms with Crippen LogP contribution in [0, 0.1) is 24.7 Å². The monoisotopic (exact) mass is 559 g/mol. The number of aromatic nitrogens is 3. The lowest BCUT2D eigenvalue weighted by Gasteiger charge is -2.39. The van der Waals surface area contributed by atoms with E-state index >= 15 is 0 Å². The van der Waals surface area contributed by atoms with E-state index in [1.54, 1.807) is 9.58 Å². The second-order valence-electron chi connectivity index (χ2n) is 12.1. The van der Waals surface area contributed by atoms with Gasteiger partial charge >= 0.3 is 0 Å². The molecule has 8 heteroatoms. The summed E-state index contributed by atoms with van der Waals surface area (Å²) in [5, 5.41) is 5.49. The van der Waals surface area contributed by atoms with E-state index in [2.05, 4.69) is 24.9 Å². The molecule has 1 unspecified atom stereocenters. The molecule has 1 saturated heterocycles. The first kappa shape index (κ1) is 27.2. The fourth-order valence-electron chi connectivity index (χ4n) is 7.09. The third kappa shape index (κ3) is 4.77. The number of Topliss-reactive ketones (excluding diaryl/α,β-unsaturated/α-hetero) is 1. The maximum absolute atomic E-state index is 13.6. The predicted octanol–water partition coefficient (Wildman–Crippen LogP) is 6.31. The Balaban J connectivity index is 1.47. The molecule has 40 heavy (non-hydrogen) atoms. The number of halogens is 1. The van der Waals surface area contributed by atoms with Crippen molar-refractivity contribution in [3.63, 3.8) is 0 Å². The number of likely N-dealkylation sites (tertiary alicyclic amines) is 1. The Labute approximate surface area is 241 Å². The van der Waals surface area contributed by atoms with E-state index in [0.29, 0.717) is 16.8 Å². The van der Waals surface area contributed by atoms with Gasteiger partial charge in [0, 0.05) is 41.1 Å². The number of rotatable bonds is 5. The van der Waals surface area contributed by atoms with Crippen LogP contribution >= 0.6 is 11.6 Å². The minimum absolute atomic E-state index is 0.0135. The molecular weight excluding hydrogens is 522 g/mol. The van der Waals surface area contributed by atoms with Crippen molar-refractivity contribution in [2.45, 2.75) is 58.3 Å². The van der Waals surface area contributed by atoms with Gasteiger partial charge in [0.05, 0.1) is 5.69 Å². The molecule has 0 N–H and O–H groups in total. The summed E-state index contributed by atoms with van der Waals surface area (Å²) in [4.78, 5) is 35.8. The van der Waals surface area contributed by atoms with Crippen LogP contribution in [-0.2, 0) is 4.79 Å². The van der Waals surface area contributed by atoms with Gasteiger partial charge in [-0.1, -0.05) is 31.4 Å². The smallest absolute Gasteiger partial charge is 0.230 e. The molecule has 3 heterocycles. The molecule has 6 rings (SSSR count). The molecule has 3 aromatic rings. The van der Waals surface area contributed by atoms with Crippen molar-refractivity contribution in [2.24, 2.45) is 17.8 Å². The van der Waals surface area contributed by atoms with Crippen molar-refractivity contribution in [1.29, 1.82) is 0 Å². The minimum atomic E-state index is -0.0748. The zero-order valence-electron chi connectivity index (χ0n) is 23.9. The van der Waals surface area contributed by atoms with Crippen LogP contribution in [0.5, 0.6) is 0 Å². The average molecular weight is 560 g/mol. The summed E-state index contributed by atoms with van der Waals surface area (Å²) in [6, 6.07) is 12.0. The fraction of sp³-hybridized carbons (Fsp3) is 0.500. The summed E-state index contributed by atoms with van der Waals surface area (Å²) in [7, 11) is 3.97. The molecule has 2 aliphatic heterocycles. The molecule has 1 aromatic heterocycles. The normalized spacial score (nSPS) is 22.6. The van der Waals surface area contributed by atoms with Gasteiger partial charge in [-0.15, -0.1) is 5.10 Å². The molecule has 0 bridgehead atoms. The van der Waals surface area contributed by atoms with Gasteiger partial charge in [-0.2, -0.15) is 0 Å². The van der Waals surface area contributed by atoms with Crippen molar-refractivity contribution in [3.8, 4) is 17.1 Å². The SMILES string of the molecule is Cc1cc(-n2nc(C(=O)C3CCN(C)CC3)nc2-c2ccc3c(c2)C(C2CCCC2)[C@H](C)C(=O)N3C)ccc1Cl. The first-order chi connectivity index (χ1) is 19.2. The maximum atomic E-state index is 13.6. The van der Waals surface area contributed by atoms with Gasteiger partial charge in [-0.05, 0) is 106 Å². The largest absolute Gasteiger partial charge is 0.315 e. The Bertz CT molecular complexity index is 1450. The van der Waals surface area contributed by atoms with E-state index in [-0.39, 0.29) is 35.3 Å². The number of fused-ring (bicyclic) bond motifs is 1. The zero-order chi connectivity index (χ0) is 28.1. The number of carbonyl (C=O) groups excluding carboxylic acids is 2. The molecule has 2 aromatic carbocycles. The third-order valence-corrected chi connectivity index (χ3v) is 9.90. The maximum Gasteiger partial charge on any atom is 0.230 e. The van der Waals surface area contributed by atoms with Crippen LogP contribution in [0.15, 0.2) is 36.4 Å². The quantitative estimate of drug-likeness (QED) is 0.343. The molecule has 0 spiro atoms. The van der Waals surface area contributed by atoms with E-state index in [1.165, 1.54) is 18.4 Å². The van der Waals surface area contributed by atoms with Gasteiger partial charge < -0.3 is 9.80 Å². The van der Waals surface area contributed by atoms with Gasteiger partial charge in [-0.3, -0.25) is 9.59 Å². The number of piperidine rings is 1. The van der Waals surface area contributed by atoms with Crippen molar-refractivity contribution >= 4 is 29.0 Å². The second-order valence-corrected chi connectivity index (χ2v) is 12.5. The third-order valence-electron chi connectivity index (χ3n) is 9.48. The summed E-state index contributed by atoms with van der Waals surface area (Å²) in [5.74, 6) is 1.64. The fourth-order valence-corrected chi connectivity index (χ4v) is 7.21. The average Bonchev–Trinajstić information content (AvgIpc) is 3.64. The van der Waals surface area contributed by atoms with Crippen LogP contribution in [0.4, 0.5) is 5.69 Å². The molecule has 1 saturated carbocycles. The highest BCUT2D eigenvalue weighted by Crippen LogP contribution is 2.49. The van der Waals surface area contributed by atoms with Crippen molar-refractivity contribution in [2.75, 3.05) is 32.1 Å². The van der Waals surface area contributed by atoms with E-state index < -0.39 is 0 Å². The number of hydrogen-bond acceptors (Lipinski definition) is 5. The summed E-state index contributed by atoms with van der Waals surface area (Å²) in [6.07, 6.45) is 6.40. The van der Waals surface area contributed by atoms with Crippen molar-refractivity contribution in [1.82, 2.24) is 19.7 Å². The summed E-state index contributed by atoms with van der Waals surface area (Å²) in [5.41, 5.74) is 4.82. The van der Waals surface area contributed by atoms with Crippen LogP contribution < -0.4 is 4.90 Å². The van der Waals surface area contributed by atoms with Crippen molar-refractivity contribution < 1.29 is 9.59 Å². The van der Waals surface area contributed by atoms with Crippen LogP contribution in [0.25, 0.3) is 17.1 Å². The Hall–Kier alpha value is -3.03. The molecule has 210 valence electrons. The summed E-state index contributed by atoms with van der Waals surface area (Å²) in [6.45, 7) is 5.84.